The van der Waals surface area contributed by atoms with Gasteiger partial charge in [0.1, 0.15) is 5.01 Å². The Balaban J connectivity index is 1.75. The number of nitrogens with zero attached hydrogens (tertiary/aromatic N) is 1. The van der Waals surface area contributed by atoms with E-state index in [2.05, 4.69) is 47.7 Å². The summed E-state index contributed by atoms with van der Waals surface area (Å²) in [7, 11) is 0. The van der Waals surface area contributed by atoms with Crippen molar-refractivity contribution in [2.45, 2.75) is 32.4 Å². The van der Waals surface area contributed by atoms with Crippen molar-refractivity contribution in [3.05, 3.63) is 45.9 Å². The molecule has 2 N–H and O–H groups in total. The van der Waals surface area contributed by atoms with E-state index in [0.29, 0.717) is 0 Å². The van der Waals surface area contributed by atoms with Crippen LogP contribution in [-0.4, -0.2) is 11.5 Å². The second-order valence-corrected chi connectivity index (χ2v) is 6.34. The summed E-state index contributed by atoms with van der Waals surface area (Å²) in [6.45, 7) is 6.29. The average Bonchev–Trinajstić information content (AvgIpc) is 3.07. The van der Waals surface area contributed by atoms with Crippen LogP contribution in [0.3, 0.4) is 0 Å². The summed E-state index contributed by atoms with van der Waals surface area (Å²) < 4.78 is 0. The van der Waals surface area contributed by atoms with Crippen LogP contribution < -0.4 is 10.6 Å². The number of anilines is 1. The molecular weight excluding hydrogens is 254 g/mol. The Labute approximate surface area is 118 Å². The average molecular weight is 273 g/mol. The molecule has 0 atom stereocenters. The molecule has 2 heterocycles. The topological polar surface area (TPSA) is 37.0 Å². The zero-order valence-corrected chi connectivity index (χ0v) is 12.2. The van der Waals surface area contributed by atoms with Crippen LogP contribution in [0, 0.1) is 0 Å². The van der Waals surface area contributed by atoms with E-state index in [1.807, 2.05) is 11.6 Å². The molecule has 3 rings (SSSR count). The molecule has 1 aromatic heterocycles. The Hall–Kier alpha value is -1.39. The Morgan fingerprint density at radius 2 is 2.32 bits per heavy atom. The van der Waals surface area contributed by atoms with E-state index in [1.165, 1.54) is 16.8 Å². The number of aromatic nitrogens is 1. The second kappa shape index (κ2) is 4.94. The third kappa shape index (κ3) is 2.51. The molecule has 1 aliphatic rings. The van der Waals surface area contributed by atoms with Gasteiger partial charge in [-0.1, -0.05) is 18.2 Å². The van der Waals surface area contributed by atoms with Crippen LogP contribution in [0.5, 0.6) is 0 Å². The number of nitrogens with one attached hydrogen (secondary N) is 2. The second-order valence-electron chi connectivity index (χ2n) is 5.44. The van der Waals surface area contributed by atoms with Crippen LogP contribution >= 0.6 is 11.3 Å². The lowest BCUT2D eigenvalue weighted by Gasteiger charge is -2.24. The van der Waals surface area contributed by atoms with E-state index in [0.717, 1.165) is 24.5 Å². The molecule has 0 amide bonds. The molecule has 0 bridgehead atoms. The first kappa shape index (κ1) is 12.6. The highest BCUT2D eigenvalue weighted by Crippen LogP contribution is 2.28. The summed E-state index contributed by atoms with van der Waals surface area (Å²) in [6.07, 6.45) is 3.00. The van der Waals surface area contributed by atoms with Crippen molar-refractivity contribution < 1.29 is 0 Å². The number of fused-ring (bicyclic) bond motifs is 1. The van der Waals surface area contributed by atoms with Crippen molar-refractivity contribution in [2.24, 2.45) is 0 Å². The first-order valence-corrected chi connectivity index (χ1v) is 7.54. The number of hydrogen-bond acceptors (Lipinski definition) is 4. The van der Waals surface area contributed by atoms with Gasteiger partial charge in [0, 0.05) is 30.4 Å². The molecule has 3 nitrogen and oxygen atoms in total. The minimum atomic E-state index is -0.0878. The fraction of sp³-hybridized carbons (Fsp3) is 0.400. The Bertz CT molecular complexity index is 561. The minimum Gasteiger partial charge on any atom is -0.384 e. The van der Waals surface area contributed by atoms with Gasteiger partial charge >= 0.3 is 0 Å². The van der Waals surface area contributed by atoms with E-state index in [1.54, 1.807) is 11.3 Å². The van der Waals surface area contributed by atoms with Crippen LogP contribution in [0.1, 0.15) is 30.0 Å². The standard InChI is InChI=1S/C15H19N3S/c1-15(2,14-17-8-9-19-14)18-10-12-5-3-4-11-6-7-16-13(11)12/h3-5,8-9,16,18H,6-7,10H2,1-2H3. The predicted octanol–water partition coefficient (Wildman–Crippen LogP) is 3.14. The number of hydrogen-bond donors (Lipinski definition) is 2. The highest BCUT2D eigenvalue weighted by molar-refractivity contribution is 7.09. The van der Waals surface area contributed by atoms with Gasteiger partial charge < -0.3 is 10.6 Å². The molecule has 0 saturated heterocycles. The Morgan fingerprint density at radius 3 is 3.11 bits per heavy atom. The maximum absolute atomic E-state index is 4.41. The number of para-hydroxylation sites is 1. The fourth-order valence-corrected chi connectivity index (χ4v) is 3.22. The molecule has 0 aliphatic carbocycles. The molecule has 0 saturated carbocycles. The van der Waals surface area contributed by atoms with Crippen molar-refractivity contribution in [3.63, 3.8) is 0 Å². The molecular formula is C15H19N3S. The van der Waals surface area contributed by atoms with Crippen molar-refractivity contribution in [2.75, 3.05) is 11.9 Å². The molecule has 2 aromatic rings. The van der Waals surface area contributed by atoms with Crippen molar-refractivity contribution >= 4 is 17.0 Å². The third-order valence-electron chi connectivity index (χ3n) is 3.62. The SMILES string of the molecule is CC(C)(NCc1cccc2c1NCC2)c1nccs1. The zero-order chi connectivity index (χ0) is 13.3. The van der Waals surface area contributed by atoms with Gasteiger partial charge in [-0.2, -0.15) is 0 Å². The Morgan fingerprint density at radius 1 is 1.42 bits per heavy atom. The van der Waals surface area contributed by atoms with Crippen LogP contribution in [0.4, 0.5) is 5.69 Å². The minimum absolute atomic E-state index is 0.0878. The van der Waals surface area contributed by atoms with Gasteiger partial charge in [-0.25, -0.2) is 4.98 Å². The highest BCUT2D eigenvalue weighted by Gasteiger charge is 2.23. The maximum Gasteiger partial charge on any atom is 0.112 e. The Kier molecular flexibility index (Phi) is 3.29. The van der Waals surface area contributed by atoms with Crippen molar-refractivity contribution in [3.8, 4) is 0 Å². The van der Waals surface area contributed by atoms with E-state index in [9.17, 15) is 0 Å². The lowest BCUT2D eigenvalue weighted by Crippen LogP contribution is -2.36. The van der Waals surface area contributed by atoms with Gasteiger partial charge in [0.25, 0.3) is 0 Å². The molecule has 0 spiro atoms. The summed E-state index contributed by atoms with van der Waals surface area (Å²) in [5.41, 5.74) is 4.02. The summed E-state index contributed by atoms with van der Waals surface area (Å²) >= 11 is 1.70. The van der Waals surface area contributed by atoms with E-state index in [-0.39, 0.29) is 5.54 Å². The van der Waals surface area contributed by atoms with Gasteiger partial charge in [0.15, 0.2) is 0 Å². The van der Waals surface area contributed by atoms with Crippen LogP contribution in [-0.2, 0) is 18.5 Å². The number of rotatable bonds is 4. The van der Waals surface area contributed by atoms with Crippen molar-refractivity contribution in [1.82, 2.24) is 10.3 Å². The van der Waals surface area contributed by atoms with E-state index >= 15 is 0 Å². The first-order chi connectivity index (χ1) is 9.17. The molecule has 0 radical (unpaired) electrons. The number of benzene rings is 1. The molecule has 1 aliphatic heterocycles. The predicted molar refractivity (Wildman–Crippen MR) is 80.6 cm³/mol. The first-order valence-electron chi connectivity index (χ1n) is 6.66. The zero-order valence-electron chi connectivity index (χ0n) is 11.4. The molecule has 1 aromatic carbocycles. The molecule has 100 valence electrons. The summed E-state index contributed by atoms with van der Waals surface area (Å²) in [4.78, 5) is 4.41. The molecule has 0 fully saturated rings. The molecule has 4 heteroatoms. The lowest BCUT2D eigenvalue weighted by atomic mass is 10.0. The highest BCUT2D eigenvalue weighted by atomic mass is 32.1. The fourth-order valence-electron chi connectivity index (χ4n) is 2.48. The van der Waals surface area contributed by atoms with Gasteiger partial charge in [0.05, 0.1) is 5.54 Å². The number of thiazole rings is 1. The molecule has 0 unspecified atom stereocenters. The lowest BCUT2D eigenvalue weighted by molar-refractivity contribution is 0.400. The van der Waals surface area contributed by atoms with E-state index < -0.39 is 0 Å². The quantitative estimate of drug-likeness (QED) is 0.898. The van der Waals surface area contributed by atoms with Crippen molar-refractivity contribution in [1.29, 1.82) is 0 Å². The van der Waals surface area contributed by atoms with Crippen LogP contribution in [0.25, 0.3) is 0 Å². The van der Waals surface area contributed by atoms with E-state index in [4.69, 9.17) is 0 Å². The summed E-state index contributed by atoms with van der Waals surface area (Å²) in [5.74, 6) is 0. The van der Waals surface area contributed by atoms with Gasteiger partial charge in [-0.15, -0.1) is 11.3 Å². The summed E-state index contributed by atoms with van der Waals surface area (Å²) in [6, 6.07) is 6.56. The normalized spacial score (nSPS) is 14.2. The summed E-state index contributed by atoms with van der Waals surface area (Å²) in [5, 5.41) is 10.3. The largest absolute Gasteiger partial charge is 0.384 e. The van der Waals surface area contributed by atoms with Gasteiger partial charge in [-0.05, 0) is 31.4 Å². The smallest absolute Gasteiger partial charge is 0.112 e. The third-order valence-corrected chi connectivity index (χ3v) is 4.72. The van der Waals surface area contributed by atoms with Gasteiger partial charge in [-0.3, -0.25) is 0 Å². The van der Waals surface area contributed by atoms with Crippen LogP contribution in [0.2, 0.25) is 0 Å². The molecule has 19 heavy (non-hydrogen) atoms. The van der Waals surface area contributed by atoms with Gasteiger partial charge in [0.2, 0.25) is 0 Å². The monoisotopic (exact) mass is 273 g/mol. The maximum atomic E-state index is 4.41. The van der Waals surface area contributed by atoms with Crippen LogP contribution in [0.15, 0.2) is 29.8 Å².